The largest absolute Gasteiger partial charge is 0.372 e. The summed E-state index contributed by atoms with van der Waals surface area (Å²) in [4.78, 5) is 23.6. The Morgan fingerprint density at radius 3 is 2.25 bits per heavy atom. The van der Waals surface area contributed by atoms with Crippen LogP contribution in [0.3, 0.4) is 0 Å². The second-order valence-electron chi connectivity index (χ2n) is 9.52. The Bertz CT molecular complexity index is 2060. The molecule has 0 aliphatic carbocycles. The number of fused-ring (bicyclic) bond motifs is 1. The number of nitro groups is 1. The van der Waals surface area contributed by atoms with Gasteiger partial charge in [0.05, 0.1) is 26.2 Å². The Balaban J connectivity index is 1.43. The van der Waals surface area contributed by atoms with E-state index in [0.717, 1.165) is 47.7 Å². The second kappa shape index (κ2) is 11.8. The highest BCUT2D eigenvalue weighted by Gasteiger charge is 2.27. The van der Waals surface area contributed by atoms with Gasteiger partial charge in [-0.2, -0.15) is 8.42 Å². The summed E-state index contributed by atoms with van der Waals surface area (Å²) in [7, 11) is -8.59. The zero-order valence-corrected chi connectivity index (χ0v) is 24.9. The van der Waals surface area contributed by atoms with Crippen molar-refractivity contribution < 1.29 is 39.5 Å². The van der Waals surface area contributed by atoms with Gasteiger partial charge in [0.25, 0.3) is 5.91 Å². The zero-order chi connectivity index (χ0) is 31.8. The number of nitro benzene ring substituents is 1. The van der Waals surface area contributed by atoms with E-state index in [4.69, 9.17) is 4.18 Å². The van der Waals surface area contributed by atoms with E-state index in [1.807, 2.05) is 0 Å². The number of anilines is 1. The number of nitrogens with zero attached hydrogens (tertiary/aromatic N) is 1. The first-order valence-corrected chi connectivity index (χ1v) is 16.4. The van der Waals surface area contributed by atoms with Crippen LogP contribution in [0.4, 0.5) is 20.2 Å². The molecule has 226 valence electrons. The molecule has 0 saturated carbocycles. The van der Waals surface area contributed by atoms with E-state index < -0.39 is 65.2 Å². The maximum Gasteiger partial charge on any atom is 0.339 e. The van der Waals surface area contributed by atoms with Crippen LogP contribution in [0.5, 0.6) is 5.75 Å². The Hall–Kier alpha value is -4.60. The summed E-state index contributed by atoms with van der Waals surface area (Å²) in [5, 5.41) is 14.4. The normalized spacial score (nSPS) is 14.2. The quantitative estimate of drug-likeness (QED) is 0.104. The predicted octanol–water partition coefficient (Wildman–Crippen LogP) is 6.01. The first-order chi connectivity index (χ1) is 20.7. The molecule has 0 atom stereocenters. The SMILES string of the molecule is Cc1ccc(S(=O)(=O)Oc2ccc(/C=C3\Sc4cc(S(=O)(=O)Cc5c(F)cccc5F)ccc4NC3=O)cc2[N+](=O)[O-])cc1. The minimum absolute atomic E-state index is 0.0300. The smallest absolute Gasteiger partial charge is 0.339 e. The number of carbonyl (C=O) groups excluding carboxylic acids is 1. The van der Waals surface area contributed by atoms with Crippen LogP contribution in [-0.2, 0) is 30.5 Å². The van der Waals surface area contributed by atoms with Gasteiger partial charge in [-0.15, -0.1) is 0 Å². The van der Waals surface area contributed by atoms with E-state index in [1.165, 1.54) is 42.5 Å². The number of aryl methyl sites for hydroxylation is 1. The summed E-state index contributed by atoms with van der Waals surface area (Å²) < 4.78 is 84.6. The highest BCUT2D eigenvalue weighted by molar-refractivity contribution is 8.04. The molecule has 1 N–H and O–H groups in total. The van der Waals surface area contributed by atoms with Gasteiger partial charge in [-0.1, -0.05) is 41.6 Å². The first-order valence-electron chi connectivity index (χ1n) is 12.5. The fourth-order valence-corrected chi connectivity index (χ4v) is 7.53. The molecule has 1 amide bonds. The lowest BCUT2D eigenvalue weighted by Crippen LogP contribution is -2.18. The monoisotopic (exact) mass is 658 g/mol. The van der Waals surface area contributed by atoms with Gasteiger partial charge in [-0.3, -0.25) is 14.9 Å². The van der Waals surface area contributed by atoms with Crippen LogP contribution in [0.25, 0.3) is 6.08 Å². The molecular weight excluding hydrogens is 639 g/mol. The standard InChI is InChI=1S/C29H20F2N2O8S3/c1-17-5-8-19(9-6-17)44(39,40)41-26-12-7-18(13-25(26)33(35)36)14-28-29(34)32-24-11-10-20(15-27(24)42-28)43(37,38)16-21-22(30)3-2-4-23(21)31/h2-15H,16H2,1H3,(H,32,34)/b28-14-. The summed E-state index contributed by atoms with van der Waals surface area (Å²) in [5.41, 5.74) is -0.0471. The van der Waals surface area contributed by atoms with Gasteiger partial charge < -0.3 is 9.50 Å². The summed E-state index contributed by atoms with van der Waals surface area (Å²) in [6, 6.07) is 16.0. The van der Waals surface area contributed by atoms with E-state index in [-0.39, 0.29) is 25.9 Å². The Kier molecular flexibility index (Phi) is 8.29. The lowest BCUT2D eigenvalue weighted by atomic mass is 10.1. The van der Waals surface area contributed by atoms with Crippen LogP contribution in [-0.4, -0.2) is 27.7 Å². The summed E-state index contributed by atoms with van der Waals surface area (Å²) in [6.07, 6.45) is 1.30. The van der Waals surface area contributed by atoms with Crippen molar-refractivity contribution in [1.29, 1.82) is 0 Å². The molecule has 1 heterocycles. The first kappa shape index (κ1) is 30.8. The fraction of sp³-hybridized carbons (Fsp3) is 0.0690. The number of nitrogens with one attached hydrogen (secondary N) is 1. The molecule has 0 saturated heterocycles. The van der Waals surface area contributed by atoms with Crippen LogP contribution in [0.15, 0.2) is 98.5 Å². The fourth-order valence-electron chi connectivity index (χ4n) is 4.13. The molecule has 4 aromatic carbocycles. The van der Waals surface area contributed by atoms with Crippen molar-refractivity contribution >= 4 is 55.1 Å². The van der Waals surface area contributed by atoms with E-state index >= 15 is 0 Å². The van der Waals surface area contributed by atoms with Gasteiger partial charge in [-0.05, 0) is 67.1 Å². The topological polar surface area (TPSA) is 150 Å². The van der Waals surface area contributed by atoms with Gasteiger partial charge in [0.15, 0.2) is 9.84 Å². The van der Waals surface area contributed by atoms with Gasteiger partial charge >= 0.3 is 15.8 Å². The maximum absolute atomic E-state index is 14.1. The van der Waals surface area contributed by atoms with E-state index in [9.17, 15) is 40.5 Å². The third kappa shape index (κ3) is 6.49. The van der Waals surface area contributed by atoms with Crippen molar-refractivity contribution in [3.8, 4) is 5.75 Å². The minimum Gasteiger partial charge on any atom is -0.372 e. The van der Waals surface area contributed by atoms with Gasteiger partial charge in [0, 0.05) is 16.5 Å². The predicted molar refractivity (Wildman–Crippen MR) is 158 cm³/mol. The molecule has 1 aliphatic rings. The number of rotatable bonds is 8. The van der Waals surface area contributed by atoms with Crippen molar-refractivity contribution in [1.82, 2.24) is 0 Å². The third-order valence-electron chi connectivity index (χ3n) is 6.39. The number of thioether (sulfide) groups is 1. The molecule has 0 aromatic heterocycles. The van der Waals surface area contributed by atoms with Crippen molar-refractivity contribution in [3.05, 3.63) is 122 Å². The highest BCUT2D eigenvalue weighted by Crippen LogP contribution is 2.41. The molecule has 4 aromatic rings. The summed E-state index contributed by atoms with van der Waals surface area (Å²) in [6.45, 7) is 1.76. The van der Waals surface area contributed by atoms with Crippen molar-refractivity contribution in [2.75, 3.05) is 5.32 Å². The summed E-state index contributed by atoms with van der Waals surface area (Å²) in [5.74, 6) is -4.06. The highest BCUT2D eigenvalue weighted by atomic mass is 32.2. The molecule has 0 unspecified atom stereocenters. The Morgan fingerprint density at radius 2 is 1.59 bits per heavy atom. The van der Waals surface area contributed by atoms with Crippen LogP contribution < -0.4 is 9.50 Å². The molecule has 15 heteroatoms. The van der Waals surface area contributed by atoms with Crippen LogP contribution >= 0.6 is 11.8 Å². The number of amides is 1. The number of hydrogen-bond donors (Lipinski definition) is 1. The average Bonchev–Trinajstić information content (AvgIpc) is 2.96. The molecule has 44 heavy (non-hydrogen) atoms. The molecule has 1 aliphatic heterocycles. The van der Waals surface area contributed by atoms with Crippen molar-refractivity contribution in [2.45, 2.75) is 27.4 Å². The zero-order valence-electron chi connectivity index (χ0n) is 22.5. The molecule has 0 radical (unpaired) electrons. The number of benzene rings is 4. The lowest BCUT2D eigenvalue weighted by Gasteiger charge is -2.19. The number of hydrogen-bond acceptors (Lipinski definition) is 9. The second-order valence-corrected chi connectivity index (χ2v) is 14.1. The molecule has 5 rings (SSSR count). The Labute approximate surface area is 254 Å². The minimum atomic E-state index is -4.39. The van der Waals surface area contributed by atoms with Gasteiger partial charge in [0.1, 0.15) is 16.5 Å². The molecular formula is C29H20F2N2O8S3. The Morgan fingerprint density at radius 1 is 0.932 bits per heavy atom. The molecule has 0 bridgehead atoms. The summed E-state index contributed by atoms with van der Waals surface area (Å²) >= 11 is 0.869. The van der Waals surface area contributed by atoms with Gasteiger partial charge in [-0.25, -0.2) is 17.2 Å². The molecule has 0 fully saturated rings. The van der Waals surface area contributed by atoms with Crippen LogP contribution in [0, 0.1) is 28.7 Å². The maximum atomic E-state index is 14.1. The number of carbonyl (C=O) groups is 1. The van der Waals surface area contributed by atoms with Crippen molar-refractivity contribution in [2.24, 2.45) is 0 Å². The van der Waals surface area contributed by atoms with Crippen LogP contribution in [0.2, 0.25) is 0 Å². The average molecular weight is 659 g/mol. The van der Waals surface area contributed by atoms with E-state index in [0.29, 0.717) is 4.90 Å². The van der Waals surface area contributed by atoms with Crippen LogP contribution in [0.1, 0.15) is 16.7 Å². The number of halogens is 2. The van der Waals surface area contributed by atoms with Gasteiger partial charge in [0.2, 0.25) is 5.75 Å². The van der Waals surface area contributed by atoms with E-state index in [2.05, 4.69) is 5.32 Å². The molecule has 0 spiro atoms. The van der Waals surface area contributed by atoms with E-state index in [1.54, 1.807) is 19.1 Å². The molecule has 10 nitrogen and oxygen atoms in total. The number of sulfone groups is 1. The third-order valence-corrected chi connectivity index (χ3v) is 10.4. The lowest BCUT2D eigenvalue weighted by molar-refractivity contribution is -0.385. The van der Waals surface area contributed by atoms with Crippen molar-refractivity contribution in [3.63, 3.8) is 0 Å².